The molecule has 0 fully saturated rings. The van der Waals surface area contributed by atoms with Crippen molar-refractivity contribution < 1.29 is 4.74 Å². The molecule has 0 aliphatic heterocycles. The van der Waals surface area contributed by atoms with Gasteiger partial charge in [0.2, 0.25) is 0 Å². The second-order valence-electron chi connectivity index (χ2n) is 6.13. The van der Waals surface area contributed by atoms with Crippen LogP contribution in [0.15, 0.2) is 48.5 Å². The Morgan fingerprint density at radius 2 is 1.88 bits per heavy atom. The lowest BCUT2D eigenvalue weighted by molar-refractivity contribution is 0.306. The lowest BCUT2D eigenvalue weighted by atomic mass is 10.0. The molecule has 4 heteroatoms. The minimum absolute atomic E-state index is 0.479. The first-order chi connectivity index (χ1) is 12.1. The fraction of sp³-hybridized carbons (Fsp3) is 0.238. The van der Waals surface area contributed by atoms with E-state index in [2.05, 4.69) is 11.9 Å². The van der Waals surface area contributed by atoms with Crippen LogP contribution in [0.3, 0.4) is 0 Å². The van der Waals surface area contributed by atoms with Crippen LogP contribution in [0, 0.1) is 12.3 Å². The highest BCUT2D eigenvalue weighted by atomic mass is 35.5. The number of hydrogen-bond donors (Lipinski definition) is 1. The van der Waals surface area contributed by atoms with E-state index in [1.54, 1.807) is 0 Å². The number of benzene rings is 2. The van der Waals surface area contributed by atoms with Gasteiger partial charge in [0, 0.05) is 33.4 Å². The summed E-state index contributed by atoms with van der Waals surface area (Å²) in [6.07, 6.45) is 1.73. The van der Waals surface area contributed by atoms with E-state index < -0.39 is 0 Å². The highest BCUT2D eigenvalue weighted by Crippen LogP contribution is 2.25. The second kappa shape index (κ2) is 7.66. The molecule has 0 saturated heterocycles. The van der Waals surface area contributed by atoms with Gasteiger partial charge in [-0.2, -0.15) is 0 Å². The maximum atomic E-state index is 8.30. The summed E-state index contributed by atoms with van der Waals surface area (Å²) in [4.78, 5) is 4.61. The second-order valence-corrected chi connectivity index (χ2v) is 6.57. The average molecular weight is 353 g/mol. The molecule has 1 N–H and O–H groups in total. The van der Waals surface area contributed by atoms with Crippen LogP contribution in [-0.2, 0) is 6.61 Å². The molecule has 0 saturated carbocycles. The Bertz CT molecular complexity index is 904. The van der Waals surface area contributed by atoms with Gasteiger partial charge in [0.05, 0.1) is 5.52 Å². The van der Waals surface area contributed by atoms with Crippen LogP contribution in [0.1, 0.15) is 36.6 Å². The van der Waals surface area contributed by atoms with Crippen LogP contribution >= 0.6 is 11.6 Å². The molecule has 0 aliphatic carbocycles. The third kappa shape index (κ3) is 4.18. The number of ether oxygens (including phenoxy) is 1. The van der Waals surface area contributed by atoms with Gasteiger partial charge in [0.1, 0.15) is 12.4 Å². The zero-order valence-corrected chi connectivity index (χ0v) is 15.2. The van der Waals surface area contributed by atoms with Crippen LogP contribution in [0.2, 0.25) is 5.02 Å². The molecule has 1 heterocycles. The van der Waals surface area contributed by atoms with E-state index in [4.69, 9.17) is 21.7 Å². The molecule has 0 radical (unpaired) electrons. The summed E-state index contributed by atoms with van der Waals surface area (Å²) in [6, 6.07) is 15.5. The van der Waals surface area contributed by atoms with Gasteiger partial charge in [-0.05, 0) is 49.2 Å². The first-order valence-electron chi connectivity index (χ1n) is 8.43. The average Bonchev–Trinajstić information content (AvgIpc) is 2.60. The van der Waals surface area contributed by atoms with Crippen molar-refractivity contribution in [3.63, 3.8) is 0 Å². The number of aryl methyl sites for hydroxylation is 1. The van der Waals surface area contributed by atoms with Crippen LogP contribution in [0.5, 0.6) is 5.75 Å². The van der Waals surface area contributed by atoms with E-state index in [0.717, 1.165) is 51.3 Å². The highest BCUT2D eigenvalue weighted by Gasteiger charge is 2.09. The van der Waals surface area contributed by atoms with Crippen LogP contribution in [0.4, 0.5) is 0 Å². The zero-order valence-electron chi connectivity index (χ0n) is 14.5. The molecule has 0 unspecified atom stereocenters. The molecule has 2 aromatic carbocycles. The number of rotatable bonds is 6. The van der Waals surface area contributed by atoms with Gasteiger partial charge in [-0.1, -0.05) is 37.1 Å². The SMILES string of the molecule is CCCC(=N)c1cc(C)nc2cc(OCc3ccc(Cl)cc3)ccc12. The number of fused-ring (bicyclic) bond motifs is 1. The van der Waals surface area contributed by atoms with E-state index >= 15 is 0 Å². The molecule has 0 bridgehead atoms. The summed E-state index contributed by atoms with van der Waals surface area (Å²) in [5.41, 5.74) is 4.47. The summed E-state index contributed by atoms with van der Waals surface area (Å²) < 4.78 is 5.89. The lowest BCUT2D eigenvalue weighted by Crippen LogP contribution is -2.02. The third-order valence-corrected chi connectivity index (χ3v) is 4.31. The van der Waals surface area contributed by atoms with Gasteiger partial charge in [-0.3, -0.25) is 4.98 Å². The Kier molecular flexibility index (Phi) is 5.34. The largest absolute Gasteiger partial charge is 0.489 e. The van der Waals surface area contributed by atoms with E-state index in [9.17, 15) is 0 Å². The normalized spacial score (nSPS) is 10.8. The molecule has 0 amide bonds. The molecular formula is C21H21ClN2O. The van der Waals surface area contributed by atoms with Crippen molar-refractivity contribution in [3.8, 4) is 5.75 Å². The van der Waals surface area contributed by atoms with Gasteiger partial charge in [0.25, 0.3) is 0 Å². The molecule has 3 nitrogen and oxygen atoms in total. The van der Waals surface area contributed by atoms with Crippen molar-refractivity contribution in [3.05, 3.63) is 70.4 Å². The first kappa shape index (κ1) is 17.4. The van der Waals surface area contributed by atoms with Crippen LogP contribution in [-0.4, -0.2) is 10.7 Å². The number of pyridine rings is 1. The van der Waals surface area contributed by atoms with Crippen molar-refractivity contribution in [1.82, 2.24) is 4.98 Å². The molecule has 25 heavy (non-hydrogen) atoms. The predicted molar refractivity (Wildman–Crippen MR) is 104 cm³/mol. The molecular weight excluding hydrogens is 332 g/mol. The molecule has 1 aromatic heterocycles. The fourth-order valence-electron chi connectivity index (χ4n) is 2.81. The monoisotopic (exact) mass is 352 g/mol. The van der Waals surface area contributed by atoms with Gasteiger partial charge in [-0.25, -0.2) is 0 Å². The Labute approximate surface area is 153 Å². The van der Waals surface area contributed by atoms with Crippen molar-refractivity contribution in [2.24, 2.45) is 0 Å². The van der Waals surface area contributed by atoms with Crippen molar-refractivity contribution in [1.29, 1.82) is 5.41 Å². The van der Waals surface area contributed by atoms with Gasteiger partial charge in [0.15, 0.2) is 0 Å². The number of nitrogens with one attached hydrogen (secondary N) is 1. The van der Waals surface area contributed by atoms with E-state index in [1.807, 2.05) is 55.5 Å². The summed E-state index contributed by atoms with van der Waals surface area (Å²) in [6.45, 7) is 4.53. The Balaban J connectivity index is 1.86. The van der Waals surface area contributed by atoms with E-state index in [1.165, 1.54) is 0 Å². The van der Waals surface area contributed by atoms with Crippen molar-refractivity contribution in [2.75, 3.05) is 0 Å². The van der Waals surface area contributed by atoms with Crippen LogP contribution < -0.4 is 4.74 Å². The fourth-order valence-corrected chi connectivity index (χ4v) is 2.94. The summed E-state index contributed by atoms with van der Waals surface area (Å²) in [7, 11) is 0. The first-order valence-corrected chi connectivity index (χ1v) is 8.81. The molecule has 0 atom stereocenters. The Morgan fingerprint density at radius 3 is 2.60 bits per heavy atom. The number of nitrogens with zero attached hydrogens (tertiary/aromatic N) is 1. The predicted octanol–water partition coefficient (Wildman–Crippen LogP) is 5.94. The summed E-state index contributed by atoms with van der Waals surface area (Å²) in [5.74, 6) is 0.772. The van der Waals surface area contributed by atoms with Crippen molar-refractivity contribution in [2.45, 2.75) is 33.3 Å². The number of hydrogen-bond acceptors (Lipinski definition) is 3. The highest BCUT2D eigenvalue weighted by molar-refractivity contribution is 6.30. The Morgan fingerprint density at radius 1 is 1.12 bits per heavy atom. The lowest BCUT2D eigenvalue weighted by Gasteiger charge is -2.11. The quantitative estimate of drug-likeness (QED) is 0.557. The van der Waals surface area contributed by atoms with Gasteiger partial charge in [-0.15, -0.1) is 0 Å². The smallest absolute Gasteiger partial charge is 0.122 e. The molecule has 0 spiro atoms. The zero-order chi connectivity index (χ0) is 17.8. The third-order valence-electron chi connectivity index (χ3n) is 4.05. The minimum atomic E-state index is 0.479. The summed E-state index contributed by atoms with van der Waals surface area (Å²) >= 11 is 5.91. The molecule has 128 valence electrons. The topological polar surface area (TPSA) is 46.0 Å². The number of halogens is 1. The molecule has 3 rings (SSSR count). The van der Waals surface area contributed by atoms with Crippen LogP contribution in [0.25, 0.3) is 10.9 Å². The van der Waals surface area contributed by atoms with E-state index in [0.29, 0.717) is 12.3 Å². The molecule has 3 aromatic rings. The van der Waals surface area contributed by atoms with Gasteiger partial charge < -0.3 is 10.1 Å². The van der Waals surface area contributed by atoms with E-state index in [-0.39, 0.29) is 0 Å². The maximum Gasteiger partial charge on any atom is 0.122 e. The summed E-state index contributed by atoms with van der Waals surface area (Å²) in [5, 5.41) is 10.0. The number of aromatic nitrogens is 1. The van der Waals surface area contributed by atoms with Gasteiger partial charge >= 0.3 is 0 Å². The standard InChI is InChI=1S/C21H21ClN2O/c1-3-4-20(23)19-11-14(2)24-21-12-17(9-10-18(19)21)25-13-15-5-7-16(22)8-6-15/h5-12,23H,3-4,13H2,1-2H3. The maximum absolute atomic E-state index is 8.30. The Hall–Kier alpha value is -2.39. The molecule has 0 aliphatic rings. The van der Waals surface area contributed by atoms with Crippen molar-refractivity contribution >= 4 is 28.2 Å². The minimum Gasteiger partial charge on any atom is -0.489 e.